The van der Waals surface area contributed by atoms with Crippen molar-refractivity contribution >= 4 is 28.7 Å². The van der Waals surface area contributed by atoms with E-state index in [0.29, 0.717) is 44.2 Å². The highest BCUT2D eigenvalue weighted by Gasteiger charge is 2.39. The first-order valence-electron chi connectivity index (χ1n) is 16.8. The lowest BCUT2D eigenvalue weighted by Crippen LogP contribution is -2.45. The van der Waals surface area contributed by atoms with E-state index < -0.39 is 24.3 Å². The van der Waals surface area contributed by atoms with Crippen molar-refractivity contribution in [1.82, 2.24) is 20.5 Å². The maximum Gasteiger partial charge on any atom is 0.490 e. The summed E-state index contributed by atoms with van der Waals surface area (Å²) in [5, 5.41) is 32.0. The summed E-state index contributed by atoms with van der Waals surface area (Å²) in [6.07, 6.45) is -1.28. The monoisotopic (exact) mass is 764 g/mol. The highest BCUT2D eigenvalue weighted by atomic mass is 19.4. The van der Waals surface area contributed by atoms with E-state index in [9.17, 15) is 45.4 Å². The van der Waals surface area contributed by atoms with Gasteiger partial charge in [0, 0.05) is 43.5 Å². The number of H-pyrrole nitrogens is 1. The molecule has 0 bridgehead atoms. The second-order valence-corrected chi connectivity index (χ2v) is 12.1. The Hall–Kier alpha value is -4.71. The number of aliphatic carboxylic acids is 2. The highest BCUT2D eigenvalue weighted by Crippen LogP contribution is 2.25. The number of aromatic amines is 1. The Labute approximate surface area is 300 Å². The average Bonchev–Trinajstić information content (AvgIpc) is 3.36. The molecule has 18 heteroatoms. The number of aromatic nitrogens is 1. The molecule has 294 valence electrons. The molecule has 1 fully saturated rings. The summed E-state index contributed by atoms with van der Waals surface area (Å²) in [6.45, 7) is 3.44. The van der Waals surface area contributed by atoms with Crippen molar-refractivity contribution in [3.8, 4) is 5.75 Å². The molecule has 1 saturated carbocycles. The SMILES string of the molecule is O=C(CCNCCc1cccc(F)c1)N(CCNCCc1ccc(O)c2[nH]c(=O)ccc12)C1CCCCCC1.O=C(O)C(F)(F)F.O=C(O)C(F)(F)F. The van der Waals surface area contributed by atoms with Crippen LogP contribution in [0.2, 0.25) is 0 Å². The van der Waals surface area contributed by atoms with Crippen molar-refractivity contribution in [1.29, 1.82) is 0 Å². The molecule has 2 aromatic carbocycles. The molecule has 11 nitrogen and oxygen atoms in total. The maximum atomic E-state index is 13.4. The molecule has 3 aromatic rings. The number of halogens is 7. The van der Waals surface area contributed by atoms with Crippen LogP contribution in [0.5, 0.6) is 5.75 Å². The molecule has 1 aromatic heterocycles. The van der Waals surface area contributed by atoms with Gasteiger partial charge in [0.05, 0.1) is 5.52 Å². The molecule has 1 aliphatic carbocycles. The van der Waals surface area contributed by atoms with Crippen LogP contribution < -0.4 is 16.2 Å². The first-order chi connectivity index (χ1) is 24.9. The summed E-state index contributed by atoms with van der Waals surface area (Å²) in [5.41, 5.74) is 2.23. The van der Waals surface area contributed by atoms with Gasteiger partial charge in [-0.2, -0.15) is 26.3 Å². The van der Waals surface area contributed by atoms with E-state index in [2.05, 4.69) is 20.5 Å². The first kappa shape index (κ1) is 44.5. The van der Waals surface area contributed by atoms with E-state index >= 15 is 0 Å². The van der Waals surface area contributed by atoms with E-state index in [1.54, 1.807) is 24.3 Å². The van der Waals surface area contributed by atoms with Gasteiger partial charge in [-0.15, -0.1) is 0 Å². The minimum absolute atomic E-state index is 0.0698. The Balaban J connectivity index is 0.000000587. The number of carboxylic acids is 2. The zero-order valence-electron chi connectivity index (χ0n) is 28.7. The van der Waals surface area contributed by atoms with Crippen LogP contribution in [0.3, 0.4) is 0 Å². The molecule has 0 radical (unpaired) electrons. The Morgan fingerprint density at radius 2 is 1.38 bits per heavy atom. The number of alkyl halides is 6. The summed E-state index contributed by atoms with van der Waals surface area (Å²) in [6, 6.07) is 13.7. The highest BCUT2D eigenvalue weighted by molar-refractivity contribution is 5.87. The second kappa shape index (κ2) is 21.7. The number of phenolic OH excluding ortho intramolecular Hbond substituents is 1. The number of aromatic hydroxyl groups is 1. The Morgan fingerprint density at radius 3 is 1.96 bits per heavy atom. The van der Waals surface area contributed by atoms with Crippen molar-refractivity contribution in [3.05, 3.63) is 75.8 Å². The van der Waals surface area contributed by atoms with Crippen molar-refractivity contribution in [2.45, 2.75) is 76.2 Å². The van der Waals surface area contributed by atoms with Gasteiger partial charge in [0.25, 0.3) is 0 Å². The standard InChI is InChI=1S/C31H41FN4O3.2C2HF3O2/c32-25-7-5-6-23(22-25)14-17-33-19-16-30(39)36(26-8-3-1-2-4-9-26)21-20-34-18-15-24-10-12-28(37)31-27(24)11-13-29(38)35-31;2*3-2(4,5)1(6)7/h5-7,10-13,22,26,33-34,37H,1-4,8-9,14-21H2,(H,35,38);2*(H,6,7). The summed E-state index contributed by atoms with van der Waals surface area (Å²) in [7, 11) is 0. The number of carbonyl (C=O) groups excluding carboxylic acids is 1. The van der Waals surface area contributed by atoms with Gasteiger partial charge in [0.1, 0.15) is 11.6 Å². The fraction of sp³-hybridized carbons (Fsp3) is 0.486. The third-order valence-corrected chi connectivity index (χ3v) is 8.13. The topological polar surface area (TPSA) is 172 Å². The van der Waals surface area contributed by atoms with Crippen LogP contribution in [0.25, 0.3) is 10.9 Å². The van der Waals surface area contributed by atoms with Crippen molar-refractivity contribution in [3.63, 3.8) is 0 Å². The lowest BCUT2D eigenvalue weighted by molar-refractivity contribution is -0.193. The number of carboxylic acid groups (broad SMARTS) is 2. The lowest BCUT2D eigenvalue weighted by Gasteiger charge is -2.32. The molecule has 1 amide bonds. The van der Waals surface area contributed by atoms with Crippen LogP contribution in [-0.4, -0.2) is 94.2 Å². The molecule has 0 atom stereocenters. The molecular formula is C35H43F7N4O7. The van der Waals surface area contributed by atoms with Crippen LogP contribution in [0.15, 0.2) is 53.3 Å². The lowest BCUT2D eigenvalue weighted by atomic mass is 10.0. The average molecular weight is 765 g/mol. The zero-order chi connectivity index (χ0) is 39.6. The predicted octanol–water partition coefficient (Wildman–Crippen LogP) is 5.55. The first-order valence-corrected chi connectivity index (χ1v) is 16.8. The van der Waals surface area contributed by atoms with Gasteiger partial charge in [0.2, 0.25) is 11.5 Å². The van der Waals surface area contributed by atoms with Gasteiger partial charge in [-0.1, -0.05) is 43.9 Å². The number of amides is 1. The van der Waals surface area contributed by atoms with Crippen LogP contribution in [0.1, 0.15) is 56.1 Å². The number of hydrogen-bond donors (Lipinski definition) is 6. The normalized spacial score (nSPS) is 13.6. The van der Waals surface area contributed by atoms with Crippen LogP contribution in [-0.2, 0) is 27.2 Å². The van der Waals surface area contributed by atoms with Crippen LogP contribution in [0.4, 0.5) is 30.7 Å². The van der Waals surface area contributed by atoms with E-state index in [0.717, 1.165) is 48.7 Å². The number of carbonyl (C=O) groups is 3. The van der Waals surface area contributed by atoms with Gasteiger partial charge in [-0.05, 0) is 74.2 Å². The van der Waals surface area contributed by atoms with E-state index in [1.165, 1.54) is 37.8 Å². The fourth-order valence-electron chi connectivity index (χ4n) is 5.53. The number of pyridine rings is 1. The number of nitrogens with zero attached hydrogens (tertiary/aromatic N) is 1. The molecule has 4 rings (SSSR count). The maximum absolute atomic E-state index is 13.4. The molecule has 6 N–H and O–H groups in total. The van der Waals surface area contributed by atoms with Gasteiger partial charge in [0.15, 0.2) is 0 Å². The van der Waals surface area contributed by atoms with E-state index in [4.69, 9.17) is 19.8 Å². The molecule has 53 heavy (non-hydrogen) atoms. The fourth-order valence-corrected chi connectivity index (χ4v) is 5.53. The Morgan fingerprint density at radius 1 is 0.792 bits per heavy atom. The second-order valence-electron chi connectivity index (χ2n) is 12.1. The largest absolute Gasteiger partial charge is 0.506 e. The van der Waals surface area contributed by atoms with Gasteiger partial charge >= 0.3 is 24.3 Å². The quantitative estimate of drug-likeness (QED) is 0.0743. The van der Waals surface area contributed by atoms with Crippen molar-refractivity contribution < 1.29 is 60.4 Å². The molecule has 0 aliphatic heterocycles. The van der Waals surface area contributed by atoms with Gasteiger partial charge in [-0.3, -0.25) is 9.59 Å². The minimum Gasteiger partial charge on any atom is -0.506 e. The minimum atomic E-state index is -5.08. The summed E-state index contributed by atoms with van der Waals surface area (Å²) >= 11 is 0. The molecule has 1 heterocycles. The number of rotatable bonds is 13. The smallest absolute Gasteiger partial charge is 0.490 e. The van der Waals surface area contributed by atoms with Crippen molar-refractivity contribution in [2.24, 2.45) is 0 Å². The summed E-state index contributed by atoms with van der Waals surface area (Å²) in [4.78, 5) is 47.5. The predicted molar refractivity (Wildman–Crippen MR) is 181 cm³/mol. The van der Waals surface area contributed by atoms with Gasteiger partial charge < -0.3 is 35.8 Å². The zero-order valence-corrected chi connectivity index (χ0v) is 28.7. The number of nitrogens with one attached hydrogen (secondary N) is 3. The number of fused-ring (bicyclic) bond motifs is 1. The third kappa shape index (κ3) is 16.7. The van der Waals surface area contributed by atoms with E-state index in [1.807, 2.05) is 12.1 Å². The number of benzene rings is 2. The summed E-state index contributed by atoms with van der Waals surface area (Å²) in [5.74, 6) is -5.47. The molecular weight excluding hydrogens is 721 g/mol. The Bertz CT molecular complexity index is 1650. The number of phenols is 1. The van der Waals surface area contributed by atoms with Crippen LogP contribution >= 0.6 is 0 Å². The Kier molecular flexibility index (Phi) is 18.2. The van der Waals surface area contributed by atoms with E-state index in [-0.39, 0.29) is 23.0 Å². The van der Waals surface area contributed by atoms with Crippen LogP contribution in [0, 0.1) is 5.82 Å². The number of hydrogen-bond acceptors (Lipinski definition) is 7. The van der Waals surface area contributed by atoms with Crippen molar-refractivity contribution in [2.75, 3.05) is 32.7 Å². The van der Waals surface area contributed by atoms with Gasteiger partial charge in [-0.25, -0.2) is 14.0 Å². The molecule has 0 spiro atoms. The molecule has 1 aliphatic rings. The molecule has 0 saturated heterocycles. The molecule has 0 unspecified atom stereocenters. The third-order valence-electron chi connectivity index (χ3n) is 8.13. The summed E-state index contributed by atoms with van der Waals surface area (Å²) < 4.78 is 76.8.